The van der Waals surface area contributed by atoms with Gasteiger partial charge in [0.1, 0.15) is 5.75 Å². The lowest BCUT2D eigenvalue weighted by Gasteiger charge is -2.21. The van der Waals surface area contributed by atoms with E-state index in [4.69, 9.17) is 9.47 Å². The minimum atomic E-state index is -4.70. The zero-order chi connectivity index (χ0) is 21.4. The van der Waals surface area contributed by atoms with Crippen molar-refractivity contribution >= 4 is 29.9 Å². The number of nitrogens with zero attached hydrogens (tertiary/aromatic N) is 1. The van der Waals surface area contributed by atoms with E-state index >= 15 is 0 Å². The van der Waals surface area contributed by atoms with Gasteiger partial charge in [0.05, 0.1) is 0 Å². The molecule has 2 unspecified atom stereocenters. The van der Waals surface area contributed by atoms with E-state index in [1.807, 2.05) is 0 Å². The van der Waals surface area contributed by atoms with Crippen LogP contribution in [-0.4, -0.2) is 58.4 Å². The van der Waals surface area contributed by atoms with E-state index in [0.717, 1.165) is 45.5 Å². The van der Waals surface area contributed by atoms with E-state index in [2.05, 4.69) is 20.4 Å². The second kappa shape index (κ2) is 12.7. The Labute approximate surface area is 198 Å². The van der Waals surface area contributed by atoms with Crippen LogP contribution in [0.2, 0.25) is 0 Å². The Bertz CT molecular complexity index is 700. The summed E-state index contributed by atoms with van der Waals surface area (Å²) in [5.74, 6) is 1.06. The number of nitrogens with one attached hydrogen (secondary N) is 2. The minimum Gasteiger partial charge on any atom is -0.405 e. The minimum absolute atomic E-state index is 0. The second-order valence-electron chi connectivity index (χ2n) is 7.66. The molecule has 2 N–H and O–H groups in total. The molecular formula is C21H31F3IN3O3. The number of ether oxygens (including phenoxy) is 3. The maximum Gasteiger partial charge on any atom is 0.573 e. The van der Waals surface area contributed by atoms with Crippen molar-refractivity contribution in [2.75, 3.05) is 40.0 Å². The highest BCUT2D eigenvalue weighted by Crippen LogP contribution is 2.45. The molecule has 31 heavy (non-hydrogen) atoms. The van der Waals surface area contributed by atoms with Gasteiger partial charge in [0.25, 0.3) is 0 Å². The third-order valence-corrected chi connectivity index (χ3v) is 5.33. The highest BCUT2D eigenvalue weighted by molar-refractivity contribution is 14.0. The van der Waals surface area contributed by atoms with Gasteiger partial charge in [-0.2, -0.15) is 0 Å². The summed E-state index contributed by atoms with van der Waals surface area (Å²) in [5, 5.41) is 6.50. The molecule has 0 aromatic heterocycles. The van der Waals surface area contributed by atoms with Crippen molar-refractivity contribution < 1.29 is 27.4 Å². The lowest BCUT2D eigenvalue weighted by Crippen LogP contribution is -2.39. The number of benzene rings is 1. The Morgan fingerprint density at radius 3 is 2.68 bits per heavy atom. The third kappa shape index (κ3) is 9.01. The monoisotopic (exact) mass is 557 g/mol. The fourth-order valence-electron chi connectivity index (χ4n) is 3.62. The van der Waals surface area contributed by atoms with Crippen LogP contribution in [0.3, 0.4) is 0 Å². The predicted octanol–water partition coefficient (Wildman–Crippen LogP) is 4.06. The SMILES string of the molecule is CN=C(NCCCOCC1CCOCC1)NC1CC1c1ccccc1OC(F)(F)F.I. The van der Waals surface area contributed by atoms with Crippen LogP contribution in [0.15, 0.2) is 29.3 Å². The number of hydrogen-bond acceptors (Lipinski definition) is 4. The lowest BCUT2D eigenvalue weighted by molar-refractivity contribution is -0.274. The first-order valence-electron chi connectivity index (χ1n) is 10.4. The first-order valence-corrected chi connectivity index (χ1v) is 10.4. The second-order valence-corrected chi connectivity index (χ2v) is 7.66. The molecule has 0 bridgehead atoms. The van der Waals surface area contributed by atoms with Crippen LogP contribution in [0.1, 0.15) is 37.2 Å². The predicted molar refractivity (Wildman–Crippen MR) is 123 cm³/mol. The number of hydrogen-bond donors (Lipinski definition) is 2. The fraction of sp³-hybridized carbons (Fsp3) is 0.667. The Kier molecular flexibility index (Phi) is 10.6. The summed E-state index contributed by atoms with van der Waals surface area (Å²) in [4.78, 5) is 4.20. The van der Waals surface area contributed by atoms with Crippen LogP contribution in [0.4, 0.5) is 13.2 Å². The molecule has 1 saturated heterocycles. The molecule has 1 saturated carbocycles. The van der Waals surface area contributed by atoms with Crippen molar-refractivity contribution in [2.45, 2.75) is 44.0 Å². The van der Waals surface area contributed by atoms with Gasteiger partial charge in [-0.15, -0.1) is 37.1 Å². The molecule has 3 rings (SSSR count). The van der Waals surface area contributed by atoms with Gasteiger partial charge in [-0.1, -0.05) is 18.2 Å². The molecule has 176 valence electrons. The van der Waals surface area contributed by atoms with E-state index < -0.39 is 6.36 Å². The zero-order valence-corrected chi connectivity index (χ0v) is 19.9. The summed E-state index contributed by atoms with van der Waals surface area (Å²) in [6, 6.07) is 6.32. The van der Waals surface area contributed by atoms with Crippen LogP contribution in [0.25, 0.3) is 0 Å². The van der Waals surface area contributed by atoms with Crippen molar-refractivity contribution in [3.05, 3.63) is 29.8 Å². The number of alkyl halides is 3. The molecule has 0 spiro atoms. The summed E-state index contributed by atoms with van der Waals surface area (Å²) >= 11 is 0. The Morgan fingerprint density at radius 2 is 1.97 bits per heavy atom. The van der Waals surface area contributed by atoms with Crippen LogP contribution < -0.4 is 15.4 Å². The van der Waals surface area contributed by atoms with Crippen LogP contribution >= 0.6 is 24.0 Å². The average Bonchev–Trinajstić information content (AvgIpc) is 3.48. The third-order valence-electron chi connectivity index (χ3n) is 5.33. The molecule has 6 nitrogen and oxygen atoms in total. The molecule has 1 aliphatic heterocycles. The summed E-state index contributed by atoms with van der Waals surface area (Å²) < 4.78 is 53.1. The van der Waals surface area contributed by atoms with Crippen molar-refractivity contribution in [1.29, 1.82) is 0 Å². The van der Waals surface area contributed by atoms with Crippen molar-refractivity contribution in [1.82, 2.24) is 10.6 Å². The molecule has 1 aliphatic carbocycles. The van der Waals surface area contributed by atoms with Gasteiger partial charge >= 0.3 is 6.36 Å². The number of rotatable bonds is 9. The molecule has 1 aromatic rings. The maximum absolute atomic E-state index is 12.6. The van der Waals surface area contributed by atoms with Crippen molar-refractivity contribution in [3.63, 3.8) is 0 Å². The smallest absolute Gasteiger partial charge is 0.405 e. The van der Waals surface area contributed by atoms with Gasteiger partial charge in [0, 0.05) is 52.0 Å². The first-order chi connectivity index (χ1) is 14.5. The molecule has 0 radical (unpaired) electrons. The van der Waals surface area contributed by atoms with E-state index in [1.165, 1.54) is 6.07 Å². The topological polar surface area (TPSA) is 64.1 Å². The summed E-state index contributed by atoms with van der Waals surface area (Å²) in [7, 11) is 1.68. The Morgan fingerprint density at radius 1 is 1.23 bits per heavy atom. The highest BCUT2D eigenvalue weighted by atomic mass is 127. The number of halogens is 4. The average molecular weight is 557 g/mol. The van der Waals surface area contributed by atoms with E-state index in [1.54, 1.807) is 25.2 Å². The Hall–Kier alpha value is -1.27. The van der Waals surface area contributed by atoms with Crippen LogP contribution in [0.5, 0.6) is 5.75 Å². The standard InChI is InChI=1S/C21H30F3N3O3.HI/c1-25-20(26-9-4-10-29-14-15-7-11-28-12-8-15)27-18-13-17(18)16-5-2-3-6-19(16)30-21(22,23)24;/h2-3,5-6,15,17-18H,4,7-14H2,1H3,(H2,25,26,27);1H. The largest absolute Gasteiger partial charge is 0.573 e. The van der Waals surface area contributed by atoms with Gasteiger partial charge in [-0.3, -0.25) is 4.99 Å². The van der Waals surface area contributed by atoms with Crippen LogP contribution in [0, 0.1) is 5.92 Å². The van der Waals surface area contributed by atoms with Crippen molar-refractivity contribution in [3.8, 4) is 5.75 Å². The zero-order valence-electron chi connectivity index (χ0n) is 17.6. The lowest BCUT2D eigenvalue weighted by atomic mass is 10.0. The molecule has 1 heterocycles. The fourth-order valence-corrected chi connectivity index (χ4v) is 3.62. The van der Waals surface area contributed by atoms with E-state index in [9.17, 15) is 13.2 Å². The summed E-state index contributed by atoms with van der Waals surface area (Å²) in [5.41, 5.74) is 0.560. The molecule has 2 atom stereocenters. The quantitative estimate of drug-likeness (QED) is 0.208. The van der Waals surface area contributed by atoms with Gasteiger partial charge in [-0.25, -0.2) is 0 Å². The highest BCUT2D eigenvalue weighted by Gasteiger charge is 2.42. The molecular weight excluding hydrogens is 526 g/mol. The molecule has 0 amide bonds. The van der Waals surface area contributed by atoms with Gasteiger partial charge in [0.15, 0.2) is 5.96 Å². The van der Waals surface area contributed by atoms with Crippen LogP contribution in [-0.2, 0) is 9.47 Å². The molecule has 2 aliphatic rings. The summed E-state index contributed by atoms with van der Waals surface area (Å²) in [6.45, 7) is 3.81. The van der Waals surface area contributed by atoms with E-state index in [-0.39, 0.29) is 41.7 Å². The Balaban J connectivity index is 0.00000341. The van der Waals surface area contributed by atoms with E-state index in [0.29, 0.717) is 30.6 Å². The molecule has 2 fully saturated rings. The first kappa shape index (κ1) is 26.0. The number of aliphatic imine (C=N–C) groups is 1. The van der Waals surface area contributed by atoms with Crippen molar-refractivity contribution in [2.24, 2.45) is 10.9 Å². The number of para-hydroxylation sites is 1. The van der Waals surface area contributed by atoms with Gasteiger partial charge in [0.2, 0.25) is 0 Å². The molecule has 10 heteroatoms. The summed E-state index contributed by atoms with van der Waals surface area (Å²) in [6.07, 6.45) is -0.991. The van der Waals surface area contributed by atoms with Gasteiger partial charge < -0.3 is 24.8 Å². The van der Waals surface area contributed by atoms with Gasteiger partial charge in [-0.05, 0) is 43.2 Å². The molecule has 1 aromatic carbocycles. The maximum atomic E-state index is 12.6. The number of guanidine groups is 1. The normalized spacial score (nSPS) is 21.9.